The zero-order chi connectivity index (χ0) is 15.6. The van der Waals surface area contributed by atoms with Crippen molar-refractivity contribution in [3.05, 3.63) is 52.8 Å². The summed E-state index contributed by atoms with van der Waals surface area (Å²) in [5, 5.41) is 2.29. The molecule has 0 saturated heterocycles. The Balaban J connectivity index is 2.29. The lowest BCUT2D eigenvalue weighted by Gasteiger charge is -2.11. The van der Waals surface area contributed by atoms with E-state index < -0.39 is 17.6 Å². The third kappa shape index (κ3) is 3.63. The minimum absolute atomic E-state index is 0.00628. The fraction of sp³-hybridized carbons (Fsp3) is 0.0769. The van der Waals surface area contributed by atoms with Crippen LogP contribution in [-0.4, -0.2) is 10.9 Å². The number of nitrogens with zero attached hydrogens (tertiary/aromatic N) is 1. The molecule has 1 heterocycles. The molecular formula is C13H9ClF3N3O. The van der Waals surface area contributed by atoms with Gasteiger partial charge in [-0.3, -0.25) is 9.78 Å². The number of hydrogen-bond donors (Lipinski definition) is 2. The highest BCUT2D eigenvalue weighted by Crippen LogP contribution is 2.33. The average molecular weight is 316 g/mol. The van der Waals surface area contributed by atoms with Crippen LogP contribution in [0.3, 0.4) is 0 Å². The van der Waals surface area contributed by atoms with Crippen LogP contribution < -0.4 is 11.1 Å². The molecule has 2 aromatic rings. The molecule has 1 aromatic heterocycles. The van der Waals surface area contributed by atoms with E-state index in [2.05, 4.69) is 10.3 Å². The fourth-order valence-corrected chi connectivity index (χ4v) is 1.74. The summed E-state index contributed by atoms with van der Waals surface area (Å²) in [5.41, 5.74) is 4.81. The molecule has 110 valence electrons. The molecule has 1 amide bonds. The molecule has 0 fully saturated rings. The monoisotopic (exact) mass is 315 g/mol. The van der Waals surface area contributed by atoms with Crippen molar-refractivity contribution in [2.75, 3.05) is 11.1 Å². The number of carbonyl (C=O) groups is 1. The summed E-state index contributed by atoms with van der Waals surface area (Å²) in [6.07, 6.45) is -1.94. The van der Waals surface area contributed by atoms with E-state index in [4.69, 9.17) is 17.3 Å². The number of hydrogen-bond acceptors (Lipinski definition) is 3. The van der Waals surface area contributed by atoms with E-state index in [1.807, 2.05) is 0 Å². The highest BCUT2D eigenvalue weighted by molar-refractivity contribution is 6.34. The smallest absolute Gasteiger partial charge is 0.397 e. The normalized spacial score (nSPS) is 11.2. The number of alkyl halides is 3. The summed E-state index contributed by atoms with van der Waals surface area (Å²) < 4.78 is 37.9. The predicted octanol–water partition coefficient (Wildman–Crippen LogP) is 3.59. The summed E-state index contributed by atoms with van der Waals surface area (Å²) >= 11 is 5.79. The van der Waals surface area contributed by atoms with Crippen molar-refractivity contribution in [1.82, 2.24) is 4.98 Å². The molecule has 3 N–H and O–H groups in total. The number of amides is 1. The number of halogens is 4. The van der Waals surface area contributed by atoms with Gasteiger partial charge in [-0.1, -0.05) is 11.6 Å². The van der Waals surface area contributed by atoms with Crippen molar-refractivity contribution in [2.45, 2.75) is 6.18 Å². The van der Waals surface area contributed by atoms with Crippen molar-refractivity contribution in [3.8, 4) is 0 Å². The van der Waals surface area contributed by atoms with E-state index in [1.54, 1.807) is 0 Å². The first-order valence-electron chi connectivity index (χ1n) is 5.66. The van der Waals surface area contributed by atoms with Crippen molar-refractivity contribution in [2.24, 2.45) is 0 Å². The Bertz CT molecular complexity index is 689. The fourth-order valence-electron chi connectivity index (χ4n) is 1.57. The minimum Gasteiger partial charge on any atom is -0.397 e. The summed E-state index contributed by atoms with van der Waals surface area (Å²) in [6, 6.07) is 4.02. The Kier molecular flexibility index (Phi) is 4.04. The zero-order valence-electron chi connectivity index (χ0n) is 10.4. The van der Waals surface area contributed by atoms with E-state index in [1.165, 1.54) is 18.5 Å². The molecule has 0 saturated carbocycles. The van der Waals surface area contributed by atoms with E-state index in [-0.39, 0.29) is 22.0 Å². The second-order valence-electron chi connectivity index (χ2n) is 4.15. The lowest BCUT2D eigenvalue weighted by Crippen LogP contribution is -2.14. The van der Waals surface area contributed by atoms with Crippen molar-refractivity contribution in [3.63, 3.8) is 0 Å². The quantitative estimate of drug-likeness (QED) is 0.890. The molecule has 1 aromatic carbocycles. The van der Waals surface area contributed by atoms with Gasteiger partial charge in [0.2, 0.25) is 0 Å². The number of anilines is 2. The first kappa shape index (κ1) is 15.1. The number of nitrogens with one attached hydrogen (secondary N) is 1. The Hall–Kier alpha value is -2.28. The van der Waals surface area contributed by atoms with Gasteiger partial charge in [0.05, 0.1) is 27.5 Å². The molecule has 8 heteroatoms. The first-order valence-corrected chi connectivity index (χ1v) is 6.04. The van der Waals surface area contributed by atoms with Gasteiger partial charge in [-0.05, 0) is 24.3 Å². The van der Waals surface area contributed by atoms with E-state index in [9.17, 15) is 18.0 Å². The molecule has 2 rings (SSSR count). The Labute approximate surface area is 122 Å². The molecule has 0 spiro atoms. The van der Waals surface area contributed by atoms with Crippen LogP contribution in [0.4, 0.5) is 24.5 Å². The van der Waals surface area contributed by atoms with Crippen LogP contribution in [0.1, 0.15) is 15.9 Å². The molecule has 21 heavy (non-hydrogen) atoms. The van der Waals surface area contributed by atoms with Gasteiger partial charge in [-0.2, -0.15) is 13.2 Å². The van der Waals surface area contributed by atoms with Crippen LogP contribution in [-0.2, 0) is 6.18 Å². The highest BCUT2D eigenvalue weighted by Gasteiger charge is 2.31. The van der Waals surface area contributed by atoms with Gasteiger partial charge in [0.1, 0.15) is 0 Å². The molecule has 0 aliphatic heterocycles. The van der Waals surface area contributed by atoms with E-state index in [0.29, 0.717) is 0 Å². The number of rotatable bonds is 2. The van der Waals surface area contributed by atoms with Crippen molar-refractivity contribution in [1.29, 1.82) is 0 Å². The Morgan fingerprint density at radius 1 is 1.24 bits per heavy atom. The van der Waals surface area contributed by atoms with Crippen molar-refractivity contribution >= 4 is 28.9 Å². The van der Waals surface area contributed by atoms with Gasteiger partial charge >= 0.3 is 6.18 Å². The number of aromatic nitrogens is 1. The van der Waals surface area contributed by atoms with Crippen LogP contribution in [0.15, 0.2) is 36.7 Å². The summed E-state index contributed by atoms with van der Waals surface area (Å²) in [6.45, 7) is 0. The van der Waals surface area contributed by atoms with Crippen LogP contribution in [0, 0.1) is 0 Å². The molecule has 0 unspecified atom stereocenters. The largest absolute Gasteiger partial charge is 0.416 e. The van der Waals surface area contributed by atoms with E-state index >= 15 is 0 Å². The number of benzene rings is 1. The maximum atomic E-state index is 12.6. The van der Waals surface area contributed by atoms with Crippen molar-refractivity contribution < 1.29 is 18.0 Å². The van der Waals surface area contributed by atoms with Gasteiger partial charge in [0.25, 0.3) is 5.91 Å². The molecule has 0 atom stereocenters. The third-order valence-corrected chi connectivity index (χ3v) is 2.89. The topological polar surface area (TPSA) is 68.0 Å². The summed E-state index contributed by atoms with van der Waals surface area (Å²) in [7, 11) is 0. The van der Waals surface area contributed by atoms with Gasteiger partial charge in [0.15, 0.2) is 0 Å². The maximum Gasteiger partial charge on any atom is 0.416 e. The molecule has 0 aliphatic rings. The Morgan fingerprint density at radius 3 is 2.57 bits per heavy atom. The molecular weight excluding hydrogens is 307 g/mol. The number of carbonyl (C=O) groups excluding carboxylic acids is 1. The molecule has 0 bridgehead atoms. The second-order valence-corrected chi connectivity index (χ2v) is 4.56. The van der Waals surface area contributed by atoms with Crippen LogP contribution in [0.5, 0.6) is 0 Å². The second kappa shape index (κ2) is 5.61. The lowest BCUT2D eigenvalue weighted by atomic mass is 10.2. The predicted molar refractivity (Wildman–Crippen MR) is 73.1 cm³/mol. The third-order valence-electron chi connectivity index (χ3n) is 2.56. The van der Waals surface area contributed by atoms with Crippen LogP contribution in [0.25, 0.3) is 0 Å². The van der Waals surface area contributed by atoms with Gasteiger partial charge in [0, 0.05) is 12.4 Å². The minimum atomic E-state index is -4.53. The lowest BCUT2D eigenvalue weighted by molar-refractivity contribution is -0.137. The van der Waals surface area contributed by atoms with Gasteiger partial charge < -0.3 is 11.1 Å². The first-order chi connectivity index (χ1) is 9.77. The van der Waals surface area contributed by atoms with Crippen LogP contribution in [0.2, 0.25) is 5.02 Å². The number of nitrogens with two attached hydrogens (primary N) is 1. The maximum absolute atomic E-state index is 12.6. The number of pyridine rings is 1. The van der Waals surface area contributed by atoms with Crippen LogP contribution >= 0.6 is 11.6 Å². The van der Waals surface area contributed by atoms with Gasteiger partial charge in [-0.25, -0.2) is 0 Å². The Morgan fingerprint density at radius 2 is 1.95 bits per heavy atom. The SMILES string of the molecule is Nc1cncc(C(=O)Nc2cc(C(F)(F)F)ccc2Cl)c1. The number of nitrogen functional groups attached to an aromatic ring is 1. The zero-order valence-corrected chi connectivity index (χ0v) is 11.2. The highest BCUT2D eigenvalue weighted by atomic mass is 35.5. The summed E-state index contributed by atoms with van der Waals surface area (Å²) in [4.78, 5) is 15.7. The molecule has 0 aliphatic carbocycles. The van der Waals surface area contributed by atoms with Gasteiger partial charge in [-0.15, -0.1) is 0 Å². The molecule has 4 nitrogen and oxygen atoms in total. The van der Waals surface area contributed by atoms with E-state index in [0.717, 1.165) is 18.2 Å². The standard InChI is InChI=1S/C13H9ClF3N3O/c14-10-2-1-8(13(15,16)17)4-11(10)20-12(21)7-3-9(18)6-19-5-7/h1-6H,18H2,(H,20,21). The summed E-state index contributed by atoms with van der Waals surface area (Å²) in [5.74, 6) is -0.656. The molecule has 0 radical (unpaired) electrons. The average Bonchev–Trinajstić information content (AvgIpc) is 2.40.